The second kappa shape index (κ2) is 9.58. The molecule has 5 aliphatic rings. The first-order chi connectivity index (χ1) is 17.0. The molecule has 3 atom stereocenters. The lowest BCUT2D eigenvalue weighted by molar-refractivity contribution is -0.126. The predicted molar refractivity (Wildman–Crippen MR) is 132 cm³/mol. The first-order valence-corrected chi connectivity index (χ1v) is 13.5. The molecule has 7 heteroatoms. The number of amides is 2. The smallest absolute Gasteiger partial charge is 0.255 e. The number of benzene rings is 1. The Labute approximate surface area is 207 Å². The minimum Gasteiger partial charge on any atom is -0.489 e. The number of carbonyl (C=O) groups is 2. The van der Waals surface area contributed by atoms with E-state index in [0.29, 0.717) is 37.1 Å². The minimum atomic E-state index is -0.430. The molecule has 1 aromatic rings. The van der Waals surface area contributed by atoms with E-state index in [9.17, 15) is 9.59 Å². The van der Waals surface area contributed by atoms with Crippen molar-refractivity contribution in [3.8, 4) is 5.75 Å². The number of likely N-dealkylation sites (tertiary alicyclic amines) is 1. The van der Waals surface area contributed by atoms with Crippen LogP contribution in [-0.2, 0) is 16.1 Å². The Morgan fingerprint density at radius 2 is 1.86 bits per heavy atom. The molecule has 2 aliphatic carbocycles. The number of ether oxygens (including phenoxy) is 2. The molecule has 1 N–H and O–H groups in total. The molecule has 2 saturated carbocycles. The molecule has 6 rings (SSSR count). The topological polar surface area (TPSA) is 71.1 Å². The lowest BCUT2D eigenvalue weighted by Gasteiger charge is -2.38. The zero-order chi connectivity index (χ0) is 23.9. The van der Waals surface area contributed by atoms with E-state index in [1.165, 1.54) is 25.7 Å². The van der Waals surface area contributed by atoms with Gasteiger partial charge >= 0.3 is 0 Å². The summed E-state index contributed by atoms with van der Waals surface area (Å²) in [5.41, 5.74) is 2.37. The largest absolute Gasteiger partial charge is 0.489 e. The first kappa shape index (κ1) is 23.0. The van der Waals surface area contributed by atoms with Crippen molar-refractivity contribution in [2.45, 2.75) is 88.6 Å². The van der Waals surface area contributed by atoms with Crippen LogP contribution < -0.4 is 10.1 Å². The summed E-state index contributed by atoms with van der Waals surface area (Å²) in [5.74, 6) is 1.47. The molecular weight excluding hydrogens is 442 g/mol. The van der Waals surface area contributed by atoms with E-state index in [0.717, 1.165) is 61.9 Å². The number of nitrogens with one attached hydrogen (secondary N) is 1. The van der Waals surface area contributed by atoms with Crippen LogP contribution in [0.15, 0.2) is 30.5 Å². The van der Waals surface area contributed by atoms with Crippen LogP contribution in [0.2, 0.25) is 0 Å². The number of piperidine rings is 2. The summed E-state index contributed by atoms with van der Waals surface area (Å²) in [6.07, 6.45) is 10.3. The van der Waals surface area contributed by atoms with Crippen LogP contribution >= 0.6 is 0 Å². The van der Waals surface area contributed by atoms with Crippen molar-refractivity contribution in [3.63, 3.8) is 0 Å². The van der Waals surface area contributed by atoms with E-state index in [1.54, 1.807) is 4.90 Å². The lowest BCUT2D eigenvalue weighted by Crippen LogP contribution is -2.49. The third kappa shape index (κ3) is 4.85. The maximum Gasteiger partial charge on any atom is 0.255 e. The van der Waals surface area contributed by atoms with Gasteiger partial charge in [0.2, 0.25) is 5.91 Å². The minimum absolute atomic E-state index is 0.0651. The number of rotatable bonds is 7. The molecule has 3 unspecified atom stereocenters. The van der Waals surface area contributed by atoms with Crippen molar-refractivity contribution >= 4 is 11.8 Å². The summed E-state index contributed by atoms with van der Waals surface area (Å²) in [7, 11) is 0. The van der Waals surface area contributed by atoms with Gasteiger partial charge in [-0.25, -0.2) is 0 Å². The number of carbonyl (C=O) groups excluding carboxylic acids is 2. The summed E-state index contributed by atoms with van der Waals surface area (Å²) < 4.78 is 12.7. The molecule has 0 bridgehead atoms. The van der Waals surface area contributed by atoms with Crippen LogP contribution in [0.1, 0.15) is 73.7 Å². The Bertz CT molecular complexity index is 998. The van der Waals surface area contributed by atoms with Crippen LogP contribution in [0.3, 0.4) is 0 Å². The first-order valence-electron chi connectivity index (χ1n) is 13.5. The van der Waals surface area contributed by atoms with E-state index < -0.39 is 6.04 Å². The van der Waals surface area contributed by atoms with Crippen LogP contribution in [0.25, 0.3) is 0 Å². The number of allylic oxidation sites excluding steroid dienone is 1. The fraction of sp³-hybridized carbons (Fsp3) is 0.643. The normalized spacial score (nSPS) is 30.0. The molecule has 4 fully saturated rings. The molecular formula is C28H37N3O4. The zero-order valence-electron chi connectivity index (χ0n) is 20.5. The van der Waals surface area contributed by atoms with Crippen molar-refractivity contribution in [1.29, 1.82) is 0 Å². The van der Waals surface area contributed by atoms with E-state index >= 15 is 0 Å². The van der Waals surface area contributed by atoms with Gasteiger partial charge in [0.25, 0.3) is 5.91 Å². The van der Waals surface area contributed by atoms with E-state index in [2.05, 4.69) is 16.8 Å². The Balaban J connectivity index is 1.06. The predicted octanol–water partition coefficient (Wildman–Crippen LogP) is 3.63. The molecule has 1 aromatic carbocycles. The van der Waals surface area contributed by atoms with E-state index in [1.807, 2.05) is 18.2 Å². The summed E-state index contributed by atoms with van der Waals surface area (Å²) in [5, 5.41) is 2.80. The maximum absolute atomic E-state index is 13.0. The Kier molecular flexibility index (Phi) is 6.31. The average Bonchev–Trinajstić information content (AvgIpc) is 3.49. The monoisotopic (exact) mass is 479 g/mol. The Hall–Kier alpha value is -2.38. The Morgan fingerprint density at radius 1 is 1.03 bits per heavy atom. The summed E-state index contributed by atoms with van der Waals surface area (Å²) >= 11 is 0. The molecule has 2 amide bonds. The number of nitrogens with zero attached hydrogens (tertiary/aromatic N) is 2. The van der Waals surface area contributed by atoms with Crippen molar-refractivity contribution in [2.75, 3.05) is 19.7 Å². The molecule has 35 heavy (non-hydrogen) atoms. The van der Waals surface area contributed by atoms with Gasteiger partial charge in [0, 0.05) is 43.5 Å². The molecule has 0 aromatic heterocycles. The van der Waals surface area contributed by atoms with Gasteiger partial charge in [-0.3, -0.25) is 14.5 Å². The van der Waals surface area contributed by atoms with Crippen LogP contribution in [0.5, 0.6) is 5.75 Å². The van der Waals surface area contributed by atoms with Crippen LogP contribution in [-0.4, -0.2) is 65.6 Å². The van der Waals surface area contributed by atoms with Gasteiger partial charge in [-0.2, -0.15) is 0 Å². The molecule has 0 radical (unpaired) electrons. The van der Waals surface area contributed by atoms with Gasteiger partial charge in [-0.05, 0) is 87.5 Å². The quantitative estimate of drug-likeness (QED) is 0.647. The second-order valence-corrected chi connectivity index (χ2v) is 11.1. The van der Waals surface area contributed by atoms with Crippen molar-refractivity contribution in [3.05, 3.63) is 41.6 Å². The lowest BCUT2D eigenvalue weighted by atomic mass is 10.0. The van der Waals surface area contributed by atoms with Gasteiger partial charge in [-0.1, -0.05) is 6.58 Å². The van der Waals surface area contributed by atoms with Crippen molar-refractivity contribution in [2.24, 2.45) is 5.92 Å². The van der Waals surface area contributed by atoms with E-state index in [4.69, 9.17) is 9.47 Å². The van der Waals surface area contributed by atoms with E-state index in [-0.39, 0.29) is 17.9 Å². The SMILES string of the molecule is C=C1CCC(N2Cc3cc(OC4CCCC4N4CCC(OCC5CC5)CC4)ccc3C2=O)C(=O)N1. The van der Waals surface area contributed by atoms with Gasteiger partial charge in [-0.15, -0.1) is 0 Å². The highest BCUT2D eigenvalue weighted by Crippen LogP contribution is 2.35. The molecule has 0 spiro atoms. The van der Waals surface area contributed by atoms with Gasteiger partial charge in [0.05, 0.1) is 6.10 Å². The highest BCUT2D eigenvalue weighted by molar-refractivity contribution is 6.01. The van der Waals surface area contributed by atoms with Crippen molar-refractivity contribution < 1.29 is 19.1 Å². The highest BCUT2D eigenvalue weighted by Gasteiger charge is 2.39. The average molecular weight is 480 g/mol. The van der Waals surface area contributed by atoms with Gasteiger partial charge < -0.3 is 19.7 Å². The number of hydrogen-bond acceptors (Lipinski definition) is 5. The number of fused-ring (bicyclic) bond motifs is 1. The number of hydrogen-bond donors (Lipinski definition) is 1. The molecule has 3 aliphatic heterocycles. The van der Waals surface area contributed by atoms with Crippen molar-refractivity contribution in [1.82, 2.24) is 15.1 Å². The van der Waals surface area contributed by atoms with Crippen LogP contribution in [0.4, 0.5) is 0 Å². The molecule has 3 heterocycles. The molecule has 188 valence electrons. The van der Waals surface area contributed by atoms with Crippen LogP contribution in [0, 0.1) is 5.92 Å². The molecule has 7 nitrogen and oxygen atoms in total. The van der Waals surface area contributed by atoms with Gasteiger partial charge in [0.15, 0.2) is 0 Å². The fourth-order valence-corrected chi connectivity index (χ4v) is 6.27. The zero-order valence-corrected chi connectivity index (χ0v) is 20.5. The fourth-order valence-electron chi connectivity index (χ4n) is 6.27. The summed E-state index contributed by atoms with van der Waals surface area (Å²) in [4.78, 5) is 29.8. The summed E-state index contributed by atoms with van der Waals surface area (Å²) in [6, 6.07) is 5.83. The third-order valence-electron chi connectivity index (χ3n) is 8.52. The second-order valence-electron chi connectivity index (χ2n) is 11.1. The Morgan fingerprint density at radius 3 is 2.63 bits per heavy atom. The maximum atomic E-state index is 13.0. The van der Waals surface area contributed by atoms with Gasteiger partial charge in [0.1, 0.15) is 17.9 Å². The molecule has 2 saturated heterocycles. The highest BCUT2D eigenvalue weighted by atomic mass is 16.5. The standard InChI is InChI=1S/C28H37N3O4/c1-18-5-10-25(27(32)29-18)31-16-20-15-22(8-9-23(20)28(31)33)35-26-4-2-3-24(26)30-13-11-21(12-14-30)34-17-19-6-7-19/h8-9,15,19,21,24-26H,1-7,10-14,16-17H2,(H,29,32). The summed E-state index contributed by atoms with van der Waals surface area (Å²) in [6.45, 7) is 7.43. The third-order valence-corrected chi connectivity index (χ3v) is 8.52.